The van der Waals surface area contributed by atoms with Crippen molar-refractivity contribution in [2.24, 2.45) is 0 Å². The van der Waals surface area contributed by atoms with E-state index in [0.717, 1.165) is 41.9 Å². The van der Waals surface area contributed by atoms with Gasteiger partial charge in [-0.1, -0.05) is 36.4 Å². The summed E-state index contributed by atoms with van der Waals surface area (Å²) in [6.07, 6.45) is 5.47. The van der Waals surface area contributed by atoms with Crippen molar-refractivity contribution in [1.82, 2.24) is 10.2 Å². The van der Waals surface area contributed by atoms with E-state index in [-0.39, 0.29) is 11.9 Å². The maximum Gasteiger partial charge on any atom is 0.240 e. The molecule has 0 aromatic heterocycles. The SMILES string of the molecule is C=CCC[C@@H]1CCN(Cc2ccc(OC)cc2OC)C(=O)[C@H](Cc2ccccc2)N1. The number of allylic oxidation sites excluding steroid dienone is 1. The van der Waals surface area contributed by atoms with Crippen LogP contribution in [-0.2, 0) is 17.8 Å². The fourth-order valence-electron chi connectivity index (χ4n) is 3.97. The van der Waals surface area contributed by atoms with Crippen LogP contribution in [0.4, 0.5) is 0 Å². The first kappa shape index (κ1) is 21.9. The van der Waals surface area contributed by atoms with Gasteiger partial charge in [-0.05, 0) is 43.4 Å². The molecule has 30 heavy (non-hydrogen) atoms. The molecule has 1 fully saturated rings. The number of amides is 1. The Balaban J connectivity index is 1.81. The van der Waals surface area contributed by atoms with Crippen LogP contribution in [-0.4, -0.2) is 43.7 Å². The third-order valence-corrected chi connectivity index (χ3v) is 5.65. The van der Waals surface area contributed by atoms with E-state index in [0.29, 0.717) is 25.6 Å². The van der Waals surface area contributed by atoms with Crippen LogP contribution >= 0.6 is 0 Å². The molecule has 2 aromatic carbocycles. The first-order valence-corrected chi connectivity index (χ1v) is 10.5. The van der Waals surface area contributed by atoms with Gasteiger partial charge in [0.25, 0.3) is 0 Å². The van der Waals surface area contributed by atoms with E-state index in [1.807, 2.05) is 47.4 Å². The topological polar surface area (TPSA) is 50.8 Å². The van der Waals surface area contributed by atoms with Gasteiger partial charge in [-0.25, -0.2) is 0 Å². The molecule has 0 saturated carbocycles. The quantitative estimate of drug-likeness (QED) is 0.638. The van der Waals surface area contributed by atoms with Gasteiger partial charge < -0.3 is 19.7 Å². The highest BCUT2D eigenvalue weighted by Gasteiger charge is 2.31. The molecule has 0 radical (unpaired) electrons. The predicted octanol–water partition coefficient (Wildman–Crippen LogP) is 3.97. The predicted molar refractivity (Wildman–Crippen MR) is 120 cm³/mol. The van der Waals surface area contributed by atoms with E-state index in [2.05, 4.69) is 24.0 Å². The van der Waals surface area contributed by atoms with Gasteiger partial charge in [0.15, 0.2) is 0 Å². The van der Waals surface area contributed by atoms with Gasteiger partial charge in [-0.3, -0.25) is 4.79 Å². The van der Waals surface area contributed by atoms with Gasteiger partial charge in [-0.2, -0.15) is 0 Å². The van der Waals surface area contributed by atoms with Crippen LogP contribution in [0.15, 0.2) is 61.2 Å². The molecular formula is C25H32N2O3. The maximum absolute atomic E-state index is 13.5. The zero-order chi connectivity index (χ0) is 21.3. The van der Waals surface area contributed by atoms with Gasteiger partial charge in [0.1, 0.15) is 11.5 Å². The average molecular weight is 409 g/mol. The Bertz CT molecular complexity index is 838. The van der Waals surface area contributed by atoms with Crippen LogP contribution in [0.3, 0.4) is 0 Å². The number of carbonyl (C=O) groups is 1. The summed E-state index contributed by atoms with van der Waals surface area (Å²) in [6, 6.07) is 16.0. The summed E-state index contributed by atoms with van der Waals surface area (Å²) >= 11 is 0. The summed E-state index contributed by atoms with van der Waals surface area (Å²) in [6.45, 7) is 5.08. The largest absolute Gasteiger partial charge is 0.497 e. The van der Waals surface area contributed by atoms with Crippen molar-refractivity contribution in [2.45, 2.75) is 44.3 Å². The molecule has 5 nitrogen and oxygen atoms in total. The number of hydrogen-bond donors (Lipinski definition) is 1. The third kappa shape index (κ3) is 5.63. The molecule has 2 atom stereocenters. The van der Waals surface area contributed by atoms with Crippen molar-refractivity contribution in [2.75, 3.05) is 20.8 Å². The highest BCUT2D eigenvalue weighted by atomic mass is 16.5. The molecule has 1 aliphatic heterocycles. The van der Waals surface area contributed by atoms with Crippen molar-refractivity contribution in [3.05, 3.63) is 72.3 Å². The first-order chi connectivity index (χ1) is 14.6. The Hall–Kier alpha value is -2.79. The summed E-state index contributed by atoms with van der Waals surface area (Å²) in [5, 5.41) is 3.62. The lowest BCUT2D eigenvalue weighted by molar-refractivity contribution is -0.133. The van der Waals surface area contributed by atoms with Gasteiger partial charge >= 0.3 is 0 Å². The Labute approximate surface area is 179 Å². The molecule has 1 saturated heterocycles. The van der Waals surface area contributed by atoms with Gasteiger partial charge in [0, 0.05) is 30.8 Å². The van der Waals surface area contributed by atoms with Crippen LogP contribution in [0.1, 0.15) is 30.4 Å². The number of nitrogens with one attached hydrogen (secondary N) is 1. The minimum absolute atomic E-state index is 0.137. The molecule has 0 aliphatic carbocycles. The van der Waals surface area contributed by atoms with E-state index in [1.54, 1.807) is 14.2 Å². The lowest BCUT2D eigenvalue weighted by Crippen LogP contribution is -2.46. The van der Waals surface area contributed by atoms with E-state index in [4.69, 9.17) is 9.47 Å². The molecule has 5 heteroatoms. The monoisotopic (exact) mass is 408 g/mol. The molecule has 1 amide bonds. The molecule has 2 aromatic rings. The second-order valence-electron chi connectivity index (χ2n) is 7.70. The van der Waals surface area contributed by atoms with Crippen LogP contribution in [0.25, 0.3) is 0 Å². The normalized spacial score (nSPS) is 19.3. The Morgan fingerprint density at radius 1 is 1.17 bits per heavy atom. The summed E-state index contributed by atoms with van der Waals surface area (Å²) in [7, 11) is 3.28. The minimum Gasteiger partial charge on any atom is -0.497 e. The lowest BCUT2D eigenvalue weighted by Gasteiger charge is -2.25. The lowest BCUT2D eigenvalue weighted by atomic mass is 10.0. The summed E-state index contributed by atoms with van der Waals surface area (Å²) in [5.41, 5.74) is 2.14. The Kier molecular flexibility index (Phi) is 7.91. The molecule has 0 bridgehead atoms. The summed E-state index contributed by atoms with van der Waals surface area (Å²) in [4.78, 5) is 15.4. The first-order valence-electron chi connectivity index (χ1n) is 10.5. The van der Waals surface area contributed by atoms with Gasteiger partial charge in [-0.15, -0.1) is 6.58 Å². The number of hydrogen-bond acceptors (Lipinski definition) is 4. The summed E-state index contributed by atoms with van der Waals surface area (Å²) < 4.78 is 10.8. The Morgan fingerprint density at radius 2 is 1.97 bits per heavy atom. The molecule has 0 spiro atoms. The number of benzene rings is 2. The van der Waals surface area contributed by atoms with Gasteiger partial charge in [0.05, 0.1) is 20.3 Å². The fourth-order valence-corrected chi connectivity index (χ4v) is 3.97. The molecule has 1 N–H and O–H groups in total. The molecule has 1 heterocycles. The van der Waals surface area contributed by atoms with Crippen molar-refractivity contribution >= 4 is 5.91 Å². The average Bonchev–Trinajstić information content (AvgIpc) is 2.92. The zero-order valence-electron chi connectivity index (χ0n) is 18.0. The molecular weight excluding hydrogens is 376 g/mol. The highest BCUT2D eigenvalue weighted by molar-refractivity contribution is 5.82. The van der Waals surface area contributed by atoms with Gasteiger partial charge in [0.2, 0.25) is 5.91 Å². The third-order valence-electron chi connectivity index (χ3n) is 5.65. The van der Waals surface area contributed by atoms with Crippen molar-refractivity contribution in [3.8, 4) is 11.5 Å². The van der Waals surface area contributed by atoms with Crippen LogP contribution < -0.4 is 14.8 Å². The molecule has 3 rings (SSSR count). The van der Waals surface area contributed by atoms with Crippen molar-refractivity contribution < 1.29 is 14.3 Å². The standard InChI is InChI=1S/C25H32N2O3/c1-4-5-11-21-14-15-27(18-20-12-13-22(29-2)17-24(20)30-3)25(28)23(26-21)16-19-9-7-6-8-10-19/h4,6-10,12-13,17,21,23,26H,1,5,11,14-16,18H2,2-3H3/t21-,23+/m1/s1. The zero-order valence-corrected chi connectivity index (χ0v) is 18.0. The van der Waals surface area contributed by atoms with Crippen LogP contribution in [0, 0.1) is 0 Å². The van der Waals surface area contributed by atoms with Crippen LogP contribution in [0.5, 0.6) is 11.5 Å². The highest BCUT2D eigenvalue weighted by Crippen LogP contribution is 2.27. The van der Waals surface area contributed by atoms with Crippen molar-refractivity contribution in [3.63, 3.8) is 0 Å². The minimum atomic E-state index is -0.242. The Morgan fingerprint density at radius 3 is 2.67 bits per heavy atom. The molecule has 160 valence electrons. The maximum atomic E-state index is 13.5. The second-order valence-corrected chi connectivity index (χ2v) is 7.70. The van der Waals surface area contributed by atoms with E-state index >= 15 is 0 Å². The number of rotatable bonds is 9. The van der Waals surface area contributed by atoms with E-state index < -0.39 is 0 Å². The van der Waals surface area contributed by atoms with Crippen LogP contribution in [0.2, 0.25) is 0 Å². The number of methoxy groups -OCH3 is 2. The molecule has 1 aliphatic rings. The summed E-state index contributed by atoms with van der Waals surface area (Å²) in [5.74, 6) is 1.62. The fraction of sp³-hybridized carbons (Fsp3) is 0.400. The second kappa shape index (κ2) is 10.8. The molecule has 0 unspecified atom stereocenters. The number of carbonyl (C=O) groups excluding carboxylic acids is 1. The number of ether oxygens (including phenoxy) is 2. The van der Waals surface area contributed by atoms with E-state index in [9.17, 15) is 4.79 Å². The van der Waals surface area contributed by atoms with Crippen molar-refractivity contribution in [1.29, 1.82) is 0 Å². The van der Waals surface area contributed by atoms with E-state index in [1.165, 1.54) is 0 Å². The smallest absolute Gasteiger partial charge is 0.240 e. The number of nitrogens with zero attached hydrogens (tertiary/aromatic N) is 1.